The Kier molecular flexibility index (Phi) is 3.87. The van der Waals surface area contributed by atoms with Crippen LogP contribution >= 0.6 is 0 Å². The summed E-state index contributed by atoms with van der Waals surface area (Å²) in [5.41, 5.74) is 7.58. The smallest absolute Gasteiger partial charge is 0.264 e. The third-order valence-electron chi connectivity index (χ3n) is 3.22. The maximum Gasteiger partial charge on any atom is 0.264 e. The van der Waals surface area contributed by atoms with Crippen molar-refractivity contribution < 1.29 is 8.42 Å². The molecule has 0 amide bonds. The zero-order valence-electron chi connectivity index (χ0n) is 11.7. The maximum absolute atomic E-state index is 12.7. The van der Waals surface area contributed by atoms with Crippen molar-refractivity contribution >= 4 is 21.4 Å². The molecule has 0 aliphatic rings. The second-order valence-electron chi connectivity index (χ2n) is 4.62. The summed E-state index contributed by atoms with van der Waals surface area (Å²) in [5.74, 6) is 0. The Bertz CT molecular complexity index is 823. The zero-order chi connectivity index (χ0) is 15.6. The van der Waals surface area contributed by atoms with Gasteiger partial charge in [-0.25, -0.2) is 8.42 Å². The van der Waals surface area contributed by atoms with Crippen molar-refractivity contribution in [2.45, 2.75) is 11.8 Å². The van der Waals surface area contributed by atoms with Crippen molar-refractivity contribution in [2.75, 3.05) is 17.1 Å². The summed E-state index contributed by atoms with van der Waals surface area (Å²) in [6, 6.07) is 13.2. The van der Waals surface area contributed by atoms with Gasteiger partial charge in [0.1, 0.15) is 0 Å². The van der Waals surface area contributed by atoms with Gasteiger partial charge in [-0.2, -0.15) is 5.26 Å². The topological polar surface area (TPSA) is 87.2 Å². The summed E-state index contributed by atoms with van der Waals surface area (Å²) in [5, 5.41) is 8.85. The second-order valence-corrected chi connectivity index (χ2v) is 6.56. The Labute approximate surface area is 124 Å². The van der Waals surface area contributed by atoms with Gasteiger partial charge in [0.15, 0.2) is 0 Å². The van der Waals surface area contributed by atoms with Gasteiger partial charge >= 0.3 is 0 Å². The van der Waals surface area contributed by atoms with E-state index in [9.17, 15) is 8.42 Å². The molecule has 6 heteroatoms. The maximum atomic E-state index is 12.7. The van der Waals surface area contributed by atoms with Gasteiger partial charge in [-0.3, -0.25) is 4.31 Å². The van der Waals surface area contributed by atoms with Crippen LogP contribution in [-0.2, 0) is 10.0 Å². The summed E-state index contributed by atoms with van der Waals surface area (Å²) in [6.07, 6.45) is 0. The normalized spacial score (nSPS) is 10.9. The molecule has 0 saturated heterocycles. The Balaban J connectivity index is 2.53. The molecule has 0 aromatic heterocycles. The Hall–Kier alpha value is -2.52. The summed E-state index contributed by atoms with van der Waals surface area (Å²) in [6.45, 7) is 1.66. The van der Waals surface area contributed by atoms with E-state index in [1.54, 1.807) is 37.3 Å². The van der Waals surface area contributed by atoms with E-state index in [4.69, 9.17) is 11.0 Å². The fraction of sp³-hybridized carbons (Fsp3) is 0.133. The van der Waals surface area contributed by atoms with Gasteiger partial charge in [-0.15, -0.1) is 0 Å². The number of rotatable bonds is 3. The number of aryl methyl sites for hydroxylation is 1. The Morgan fingerprint density at radius 3 is 2.43 bits per heavy atom. The van der Waals surface area contributed by atoms with Crippen molar-refractivity contribution in [1.82, 2.24) is 0 Å². The molecule has 2 aromatic rings. The predicted molar refractivity (Wildman–Crippen MR) is 82.3 cm³/mol. The SMILES string of the molecule is Cc1cc(C#N)ccc1S(=O)(=O)N(C)c1ccccc1N. The highest BCUT2D eigenvalue weighted by Crippen LogP contribution is 2.28. The lowest BCUT2D eigenvalue weighted by atomic mass is 10.2. The minimum atomic E-state index is -3.73. The largest absolute Gasteiger partial charge is 0.397 e. The first kappa shape index (κ1) is 14.9. The van der Waals surface area contributed by atoms with Crippen LogP contribution in [0.1, 0.15) is 11.1 Å². The van der Waals surface area contributed by atoms with Gasteiger partial charge in [0.2, 0.25) is 0 Å². The molecular formula is C15H15N3O2S. The fourth-order valence-electron chi connectivity index (χ4n) is 2.06. The number of hydrogen-bond acceptors (Lipinski definition) is 4. The summed E-state index contributed by atoms with van der Waals surface area (Å²) < 4.78 is 26.5. The van der Waals surface area contributed by atoms with Crippen LogP contribution in [-0.4, -0.2) is 15.5 Å². The summed E-state index contributed by atoms with van der Waals surface area (Å²) in [7, 11) is -2.27. The number of nitrogens with zero attached hydrogens (tertiary/aromatic N) is 2. The number of sulfonamides is 1. The standard InChI is InChI=1S/C15H15N3O2S/c1-11-9-12(10-16)7-8-15(11)21(19,20)18(2)14-6-4-3-5-13(14)17/h3-9H,17H2,1-2H3. The minimum absolute atomic E-state index is 0.159. The van der Waals surface area contributed by atoms with Gasteiger partial charge in [0, 0.05) is 7.05 Å². The number of nitrogens with two attached hydrogens (primary N) is 1. The van der Waals surface area contributed by atoms with Crippen LogP contribution in [0.4, 0.5) is 11.4 Å². The fourth-order valence-corrected chi connectivity index (χ4v) is 3.49. The van der Waals surface area contributed by atoms with Crippen LogP contribution in [0.3, 0.4) is 0 Å². The predicted octanol–water partition coefficient (Wildman–Crippen LogP) is 2.27. The molecule has 0 atom stereocenters. The first-order chi connectivity index (χ1) is 9.87. The quantitative estimate of drug-likeness (QED) is 0.881. The number of benzene rings is 2. The molecular weight excluding hydrogens is 286 g/mol. The average Bonchev–Trinajstić information content (AvgIpc) is 2.46. The molecule has 0 aliphatic carbocycles. The highest BCUT2D eigenvalue weighted by atomic mass is 32.2. The Morgan fingerprint density at radius 2 is 1.86 bits per heavy atom. The van der Waals surface area contributed by atoms with Crippen molar-refractivity contribution in [1.29, 1.82) is 5.26 Å². The zero-order valence-corrected chi connectivity index (χ0v) is 12.6. The third kappa shape index (κ3) is 2.69. The Morgan fingerprint density at radius 1 is 1.19 bits per heavy atom. The number of para-hydroxylation sites is 2. The van der Waals surface area contributed by atoms with Gasteiger partial charge in [-0.1, -0.05) is 12.1 Å². The molecule has 0 spiro atoms. The van der Waals surface area contributed by atoms with Crippen LogP contribution < -0.4 is 10.0 Å². The van der Waals surface area contributed by atoms with Gasteiger partial charge in [-0.05, 0) is 42.8 Å². The molecule has 21 heavy (non-hydrogen) atoms. The van der Waals surface area contributed by atoms with Crippen LogP contribution in [0.25, 0.3) is 0 Å². The monoisotopic (exact) mass is 301 g/mol. The van der Waals surface area contributed by atoms with Crippen LogP contribution in [0.5, 0.6) is 0 Å². The summed E-state index contributed by atoms with van der Waals surface area (Å²) >= 11 is 0. The lowest BCUT2D eigenvalue weighted by Gasteiger charge is -2.22. The van der Waals surface area contributed by atoms with E-state index in [2.05, 4.69) is 0 Å². The lowest BCUT2D eigenvalue weighted by Crippen LogP contribution is -2.27. The van der Waals surface area contributed by atoms with Crippen molar-refractivity contribution in [2.24, 2.45) is 0 Å². The number of hydrogen-bond donors (Lipinski definition) is 1. The summed E-state index contributed by atoms with van der Waals surface area (Å²) in [4.78, 5) is 0.159. The van der Waals surface area contributed by atoms with E-state index in [0.29, 0.717) is 22.5 Å². The number of nitriles is 1. The molecule has 2 rings (SSSR count). The molecule has 0 unspecified atom stereocenters. The van der Waals surface area contributed by atoms with E-state index in [0.717, 1.165) is 4.31 Å². The van der Waals surface area contributed by atoms with Crippen LogP contribution in [0.15, 0.2) is 47.4 Å². The van der Waals surface area contributed by atoms with Gasteiger partial charge in [0.25, 0.3) is 10.0 Å². The first-order valence-corrected chi connectivity index (χ1v) is 7.66. The highest BCUT2D eigenvalue weighted by Gasteiger charge is 2.24. The van der Waals surface area contributed by atoms with Crippen LogP contribution in [0.2, 0.25) is 0 Å². The molecule has 0 fully saturated rings. The molecule has 2 N–H and O–H groups in total. The second kappa shape index (κ2) is 5.46. The molecule has 0 radical (unpaired) electrons. The van der Waals surface area contributed by atoms with Gasteiger partial charge < -0.3 is 5.73 Å². The van der Waals surface area contributed by atoms with Gasteiger partial charge in [0.05, 0.1) is 27.9 Å². The van der Waals surface area contributed by atoms with E-state index in [-0.39, 0.29) is 4.90 Å². The average molecular weight is 301 g/mol. The van der Waals surface area contributed by atoms with E-state index >= 15 is 0 Å². The number of anilines is 2. The van der Waals surface area contributed by atoms with Crippen molar-refractivity contribution in [3.8, 4) is 6.07 Å². The van der Waals surface area contributed by atoms with E-state index < -0.39 is 10.0 Å². The molecule has 0 bridgehead atoms. The van der Waals surface area contributed by atoms with E-state index in [1.165, 1.54) is 19.2 Å². The van der Waals surface area contributed by atoms with Crippen molar-refractivity contribution in [3.05, 3.63) is 53.6 Å². The molecule has 0 saturated carbocycles. The number of nitrogen functional groups attached to an aromatic ring is 1. The first-order valence-electron chi connectivity index (χ1n) is 6.22. The molecule has 108 valence electrons. The highest BCUT2D eigenvalue weighted by molar-refractivity contribution is 7.92. The van der Waals surface area contributed by atoms with Crippen LogP contribution in [0, 0.1) is 18.3 Å². The molecule has 0 heterocycles. The molecule has 2 aromatic carbocycles. The third-order valence-corrected chi connectivity index (χ3v) is 5.15. The minimum Gasteiger partial charge on any atom is -0.397 e. The molecule has 0 aliphatic heterocycles. The molecule has 5 nitrogen and oxygen atoms in total. The van der Waals surface area contributed by atoms with E-state index in [1.807, 2.05) is 6.07 Å². The lowest BCUT2D eigenvalue weighted by molar-refractivity contribution is 0.594. The van der Waals surface area contributed by atoms with Crippen molar-refractivity contribution in [3.63, 3.8) is 0 Å².